The summed E-state index contributed by atoms with van der Waals surface area (Å²) in [5, 5.41) is 8.83. The first-order chi connectivity index (χ1) is 6.65. The number of rotatable bonds is 4. The van der Waals surface area contributed by atoms with E-state index in [-0.39, 0.29) is 11.8 Å². The van der Waals surface area contributed by atoms with Crippen LogP contribution >= 0.6 is 0 Å². The van der Waals surface area contributed by atoms with Crippen LogP contribution < -0.4 is 0 Å². The third-order valence-corrected chi connectivity index (χ3v) is 2.63. The number of likely N-dealkylation sites (tertiary alicyclic amines) is 1. The van der Waals surface area contributed by atoms with E-state index in [0.29, 0.717) is 25.9 Å². The molecular formula is C10H17NO3. The zero-order chi connectivity index (χ0) is 10.6. The quantitative estimate of drug-likeness (QED) is 0.737. The highest BCUT2D eigenvalue weighted by atomic mass is 16.4. The minimum Gasteiger partial charge on any atom is -0.481 e. The molecule has 0 spiro atoms. The van der Waals surface area contributed by atoms with Gasteiger partial charge in [0.1, 0.15) is 0 Å². The number of carbonyl (C=O) groups is 2. The Labute approximate surface area is 83.9 Å². The van der Waals surface area contributed by atoms with Gasteiger partial charge in [-0.15, -0.1) is 0 Å². The number of hydrogen-bond acceptors (Lipinski definition) is 2. The van der Waals surface area contributed by atoms with Gasteiger partial charge in [0.2, 0.25) is 5.91 Å². The molecule has 4 nitrogen and oxygen atoms in total. The van der Waals surface area contributed by atoms with E-state index in [1.54, 1.807) is 4.90 Å². The average molecular weight is 199 g/mol. The fourth-order valence-electron chi connectivity index (χ4n) is 1.68. The molecule has 1 heterocycles. The Kier molecular flexibility index (Phi) is 3.92. The monoisotopic (exact) mass is 199 g/mol. The van der Waals surface area contributed by atoms with Crippen LogP contribution in [0, 0.1) is 5.92 Å². The Morgan fingerprint density at radius 2 is 2.36 bits per heavy atom. The van der Waals surface area contributed by atoms with Gasteiger partial charge in [-0.1, -0.05) is 13.3 Å². The predicted octanol–water partition coefficient (Wildman–Crippen LogP) is 1.11. The van der Waals surface area contributed by atoms with Crippen LogP contribution in [-0.2, 0) is 9.59 Å². The third kappa shape index (κ3) is 2.72. The zero-order valence-corrected chi connectivity index (χ0v) is 8.53. The molecule has 14 heavy (non-hydrogen) atoms. The van der Waals surface area contributed by atoms with E-state index in [0.717, 1.165) is 12.8 Å². The molecule has 0 bridgehead atoms. The maximum atomic E-state index is 11.4. The summed E-state index contributed by atoms with van der Waals surface area (Å²) < 4.78 is 0. The number of carboxylic acid groups (broad SMARTS) is 1. The van der Waals surface area contributed by atoms with Crippen LogP contribution in [0.1, 0.15) is 32.6 Å². The highest BCUT2D eigenvalue weighted by Crippen LogP contribution is 2.18. The maximum Gasteiger partial charge on any atom is 0.308 e. The van der Waals surface area contributed by atoms with Crippen molar-refractivity contribution < 1.29 is 14.7 Å². The topological polar surface area (TPSA) is 57.6 Å². The molecule has 1 aliphatic rings. The largest absolute Gasteiger partial charge is 0.481 e. The van der Waals surface area contributed by atoms with E-state index in [1.165, 1.54) is 0 Å². The molecular weight excluding hydrogens is 182 g/mol. The summed E-state index contributed by atoms with van der Waals surface area (Å²) in [5.41, 5.74) is 0. The third-order valence-electron chi connectivity index (χ3n) is 2.63. The van der Waals surface area contributed by atoms with Crippen molar-refractivity contribution in [3.63, 3.8) is 0 Å². The second kappa shape index (κ2) is 4.98. The Hall–Kier alpha value is -1.06. The van der Waals surface area contributed by atoms with E-state index >= 15 is 0 Å². The van der Waals surface area contributed by atoms with Crippen LogP contribution in [0.25, 0.3) is 0 Å². The van der Waals surface area contributed by atoms with E-state index in [4.69, 9.17) is 5.11 Å². The van der Waals surface area contributed by atoms with Crippen LogP contribution in [0.3, 0.4) is 0 Å². The molecule has 4 heteroatoms. The molecule has 1 unspecified atom stereocenters. The van der Waals surface area contributed by atoms with Crippen LogP contribution in [-0.4, -0.2) is 35.0 Å². The zero-order valence-electron chi connectivity index (χ0n) is 8.53. The van der Waals surface area contributed by atoms with Crippen molar-refractivity contribution in [1.82, 2.24) is 4.90 Å². The minimum atomic E-state index is -0.779. The lowest BCUT2D eigenvalue weighted by atomic mass is 9.97. The lowest BCUT2D eigenvalue weighted by Gasteiger charge is -2.30. The fraction of sp³-hybridized carbons (Fsp3) is 0.800. The first kappa shape index (κ1) is 11.0. The second-order valence-electron chi connectivity index (χ2n) is 3.77. The summed E-state index contributed by atoms with van der Waals surface area (Å²) in [7, 11) is 0. The number of hydrogen-bond donors (Lipinski definition) is 1. The van der Waals surface area contributed by atoms with Gasteiger partial charge in [0.15, 0.2) is 0 Å². The average Bonchev–Trinajstić information content (AvgIpc) is 2.16. The fourth-order valence-corrected chi connectivity index (χ4v) is 1.68. The van der Waals surface area contributed by atoms with Crippen molar-refractivity contribution in [3.05, 3.63) is 0 Å². The first-order valence-corrected chi connectivity index (χ1v) is 5.15. The molecule has 0 radical (unpaired) electrons. The van der Waals surface area contributed by atoms with Crippen molar-refractivity contribution in [1.29, 1.82) is 0 Å². The molecule has 0 aromatic heterocycles. The maximum absolute atomic E-state index is 11.4. The lowest BCUT2D eigenvalue weighted by molar-refractivity contribution is -0.147. The normalized spacial score (nSPS) is 22.5. The van der Waals surface area contributed by atoms with Gasteiger partial charge in [0.05, 0.1) is 5.92 Å². The molecule has 1 N–H and O–H groups in total. The number of nitrogens with zero attached hydrogens (tertiary/aromatic N) is 1. The van der Waals surface area contributed by atoms with Crippen LogP contribution in [0.5, 0.6) is 0 Å². The number of unbranched alkanes of at least 4 members (excludes halogenated alkanes) is 1. The van der Waals surface area contributed by atoms with Gasteiger partial charge in [-0.2, -0.15) is 0 Å². The van der Waals surface area contributed by atoms with Crippen molar-refractivity contribution in [3.8, 4) is 0 Å². The van der Waals surface area contributed by atoms with Gasteiger partial charge < -0.3 is 10.0 Å². The SMILES string of the molecule is CCCCN1CC(C(=O)O)CCC1=O. The minimum absolute atomic E-state index is 0.107. The molecule has 0 aromatic rings. The number of carboxylic acids is 1. The van der Waals surface area contributed by atoms with Crippen molar-refractivity contribution in [2.75, 3.05) is 13.1 Å². The highest BCUT2D eigenvalue weighted by Gasteiger charge is 2.29. The first-order valence-electron chi connectivity index (χ1n) is 5.15. The molecule has 80 valence electrons. The van der Waals surface area contributed by atoms with Crippen molar-refractivity contribution in [2.24, 2.45) is 5.92 Å². The standard InChI is InChI=1S/C10H17NO3/c1-2-3-6-11-7-8(10(13)14)4-5-9(11)12/h8H,2-7H2,1H3,(H,13,14). The lowest BCUT2D eigenvalue weighted by Crippen LogP contribution is -2.42. The number of piperidine rings is 1. The molecule has 0 aliphatic carbocycles. The van der Waals surface area contributed by atoms with E-state index < -0.39 is 5.97 Å². The van der Waals surface area contributed by atoms with Crippen LogP contribution in [0.2, 0.25) is 0 Å². The Morgan fingerprint density at radius 1 is 1.64 bits per heavy atom. The number of aliphatic carboxylic acids is 1. The van der Waals surface area contributed by atoms with Crippen molar-refractivity contribution in [2.45, 2.75) is 32.6 Å². The summed E-state index contributed by atoms with van der Waals surface area (Å²) in [4.78, 5) is 23.8. The van der Waals surface area contributed by atoms with Gasteiger partial charge in [0.25, 0.3) is 0 Å². The smallest absolute Gasteiger partial charge is 0.308 e. The molecule has 1 fully saturated rings. The van der Waals surface area contributed by atoms with Crippen LogP contribution in [0.15, 0.2) is 0 Å². The van der Waals surface area contributed by atoms with Gasteiger partial charge >= 0.3 is 5.97 Å². The van der Waals surface area contributed by atoms with Gasteiger partial charge in [-0.05, 0) is 12.8 Å². The molecule has 1 aliphatic heterocycles. The van der Waals surface area contributed by atoms with E-state index in [1.807, 2.05) is 0 Å². The summed E-state index contributed by atoms with van der Waals surface area (Å²) >= 11 is 0. The van der Waals surface area contributed by atoms with Gasteiger partial charge in [-0.25, -0.2) is 0 Å². The molecule has 1 amide bonds. The van der Waals surface area contributed by atoms with Crippen LogP contribution in [0.4, 0.5) is 0 Å². The number of carbonyl (C=O) groups excluding carboxylic acids is 1. The summed E-state index contributed by atoms with van der Waals surface area (Å²) in [6.07, 6.45) is 2.87. The number of amides is 1. The molecule has 1 rings (SSSR count). The van der Waals surface area contributed by atoms with Gasteiger partial charge in [-0.3, -0.25) is 9.59 Å². The Morgan fingerprint density at radius 3 is 2.93 bits per heavy atom. The van der Waals surface area contributed by atoms with Gasteiger partial charge in [0, 0.05) is 19.5 Å². The molecule has 0 aromatic carbocycles. The van der Waals surface area contributed by atoms with E-state index in [2.05, 4.69) is 6.92 Å². The highest BCUT2D eigenvalue weighted by molar-refractivity contribution is 5.80. The Bertz CT molecular complexity index is 227. The molecule has 0 saturated carbocycles. The second-order valence-corrected chi connectivity index (χ2v) is 3.77. The van der Waals surface area contributed by atoms with E-state index in [9.17, 15) is 9.59 Å². The summed E-state index contributed by atoms with van der Waals surface area (Å²) in [6, 6.07) is 0. The summed E-state index contributed by atoms with van der Waals surface area (Å²) in [5.74, 6) is -1.03. The predicted molar refractivity (Wildman–Crippen MR) is 51.8 cm³/mol. The summed E-state index contributed by atoms with van der Waals surface area (Å²) in [6.45, 7) is 3.16. The molecule has 1 saturated heterocycles. The molecule has 1 atom stereocenters. The van der Waals surface area contributed by atoms with Crippen molar-refractivity contribution >= 4 is 11.9 Å². The Balaban J connectivity index is 2.46.